The molecule has 0 aliphatic carbocycles. The number of hydrogen-bond donors (Lipinski definition) is 1. The molecule has 2 aliphatic rings. The molecule has 2 aliphatic heterocycles. The Morgan fingerprint density at radius 2 is 2.25 bits per heavy atom. The van der Waals surface area contributed by atoms with Gasteiger partial charge >= 0.3 is 0 Å². The topological polar surface area (TPSA) is 67.6 Å². The summed E-state index contributed by atoms with van der Waals surface area (Å²) in [6.45, 7) is 6.00. The number of hydrogen-bond acceptors (Lipinski definition) is 6. The zero-order chi connectivity index (χ0) is 16.9. The first kappa shape index (κ1) is 17.1. The number of rotatable bonds is 6. The molecule has 1 N–H and O–H groups in total. The van der Waals surface area contributed by atoms with Crippen LogP contribution in [0.2, 0.25) is 0 Å². The first-order chi connectivity index (χ1) is 11.6. The van der Waals surface area contributed by atoms with E-state index in [1.165, 1.54) is 17.3 Å². The Hall–Kier alpha value is -1.73. The molecule has 2 heterocycles. The molecule has 0 aromatic heterocycles. The molecule has 130 valence electrons. The van der Waals surface area contributed by atoms with Crippen molar-refractivity contribution in [2.75, 3.05) is 38.6 Å². The molecule has 2 saturated heterocycles. The molecular formula is C17H23N3O3S. The van der Waals surface area contributed by atoms with Gasteiger partial charge in [0.15, 0.2) is 5.82 Å². The molecule has 7 heteroatoms. The van der Waals surface area contributed by atoms with E-state index in [2.05, 4.69) is 10.2 Å². The van der Waals surface area contributed by atoms with Gasteiger partial charge in [-0.1, -0.05) is 17.7 Å². The lowest BCUT2D eigenvalue weighted by Crippen LogP contribution is -2.30. The average Bonchev–Trinajstić information content (AvgIpc) is 3.22. The van der Waals surface area contributed by atoms with Gasteiger partial charge in [-0.25, -0.2) is 0 Å². The smallest absolute Gasteiger partial charge is 0.296 e. The number of benzene rings is 1. The van der Waals surface area contributed by atoms with Crippen molar-refractivity contribution in [3.8, 4) is 0 Å². The molecule has 0 saturated carbocycles. The third-order valence-corrected chi connectivity index (χ3v) is 5.41. The van der Waals surface area contributed by atoms with E-state index in [1.54, 1.807) is 0 Å². The third kappa shape index (κ3) is 4.21. The fourth-order valence-electron chi connectivity index (χ4n) is 3.03. The van der Waals surface area contributed by atoms with Gasteiger partial charge in [0.1, 0.15) is 0 Å². The number of nitro groups is 1. The van der Waals surface area contributed by atoms with E-state index in [9.17, 15) is 10.1 Å². The second-order valence-electron chi connectivity index (χ2n) is 6.26. The van der Waals surface area contributed by atoms with Crippen LogP contribution in [0.25, 0.3) is 0 Å². The number of ether oxygens (including phenoxy) is 1. The van der Waals surface area contributed by atoms with Crippen LogP contribution in [-0.2, 0) is 4.74 Å². The average molecular weight is 349 g/mol. The molecule has 1 unspecified atom stereocenters. The summed E-state index contributed by atoms with van der Waals surface area (Å²) in [7, 11) is 0. The first-order valence-corrected chi connectivity index (χ1v) is 9.25. The van der Waals surface area contributed by atoms with Crippen molar-refractivity contribution in [2.24, 2.45) is 5.92 Å². The van der Waals surface area contributed by atoms with Gasteiger partial charge in [-0.3, -0.25) is 10.1 Å². The molecule has 0 amide bonds. The molecule has 0 spiro atoms. The van der Waals surface area contributed by atoms with Gasteiger partial charge in [-0.15, -0.1) is 11.8 Å². The second-order valence-corrected chi connectivity index (χ2v) is 7.31. The van der Waals surface area contributed by atoms with Crippen LogP contribution in [-0.4, -0.2) is 48.4 Å². The molecule has 0 radical (unpaired) electrons. The maximum absolute atomic E-state index is 11.6. The summed E-state index contributed by atoms with van der Waals surface area (Å²) in [6, 6.07) is 8.08. The Kier molecular flexibility index (Phi) is 5.63. The summed E-state index contributed by atoms with van der Waals surface area (Å²) in [5.41, 5.74) is 1.45. The highest BCUT2D eigenvalue weighted by atomic mass is 32.2. The minimum Gasteiger partial charge on any atom is -0.381 e. The van der Waals surface area contributed by atoms with E-state index in [-0.39, 0.29) is 10.6 Å². The van der Waals surface area contributed by atoms with Crippen LogP contribution in [0.1, 0.15) is 12.0 Å². The molecule has 1 aromatic rings. The quantitative estimate of drug-likeness (QED) is 0.483. The highest BCUT2D eigenvalue weighted by Gasteiger charge is 2.30. The summed E-state index contributed by atoms with van der Waals surface area (Å²) < 4.78 is 5.42. The first-order valence-electron chi connectivity index (χ1n) is 8.27. The van der Waals surface area contributed by atoms with E-state index in [0.717, 1.165) is 44.2 Å². The molecular weight excluding hydrogens is 326 g/mol. The van der Waals surface area contributed by atoms with Crippen LogP contribution in [0, 0.1) is 23.0 Å². The minimum atomic E-state index is -0.243. The van der Waals surface area contributed by atoms with Crippen LogP contribution in [0.15, 0.2) is 40.7 Å². The molecule has 2 fully saturated rings. The lowest BCUT2D eigenvalue weighted by molar-refractivity contribution is -0.425. The van der Waals surface area contributed by atoms with E-state index in [4.69, 9.17) is 4.74 Å². The van der Waals surface area contributed by atoms with Crippen molar-refractivity contribution in [3.05, 3.63) is 51.5 Å². The molecule has 1 atom stereocenters. The normalized spacial score (nSPS) is 22.5. The summed E-state index contributed by atoms with van der Waals surface area (Å²) in [5.74, 6) is 1.51. The maximum atomic E-state index is 11.6. The highest BCUT2D eigenvalue weighted by molar-refractivity contribution is 7.99. The SMILES string of the molecule is Cc1ccc(SC/C(=C2/NCCN2CC2CCOC2)[N+](=O)[O-])cc1. The summed E-state index contributed by atoms with van der Waals surface area (Å²) in [4.78, 5) is 14.5. The van der Waals surface area contributed by atoms with Gasteiger partial charge in [-0.05, 0) is 25.5 Å². The number of nitrogens with zero attached hydrogens (tertiary/aromatic N) is 2. The van der Waals surface area contributed by atoms with Crippen LogP contribution >= 0.6 is 11.8 Å². The summed E-state index contributed by atoms with van der Waals surface area (Å²) in [5, 5.41) is 14.8. The van der Waals surface area contributed by atoms with E-state index < -0.39 is 0 Å². The van der Waals surface area contributed by atoms with Gasteiger partial charge in [0.05, 0.1) is 17.3 Å². The largest absolute Gasteiger partial charge is 0.381 e. The van der Waals surface area contributed by atoms with Crippen molar-refractivity contribution in [1.82, 2.24) is 10.2 Å². The lowest BCUT2D eigenvalue weighted by atomic mass is 10.1. The molecule has 0 bridgehead atoms. The highest BCUT2D eigenvalue weighted by Crippen LogP contribution is 2.25. The van der Waals surface area contributed by atoms with Crippen molar-refractivity contribution in [1.29, 1.82) is 0 Å². The molecule has 1 aromatic carbocycles. The Labute approximate surface area is 146 Å². The predicted octanol–water partition coefficient (Wildman–Crippen LogP) is 2.47. The lowest BCUT2D eigenvalue weighted by Gasteiger charge is -2.21. The molecule has 24 heavy (non-hydrogen) atoms. The van der Waals surface area contributed by atoms with E-state index in [1.807, 2.05) is 31.2 Å². The van der Waals surface area contributed by atoms with Crippen molar-refractivity contribution in [2.45, 2.75) is 18.2 Å². The molecule has 3 rings (SSSR count). The Bertz CT molecular complexity index is 612. The monoisotopic (exact) mass is 349 g/mol. The second kappa shape index (κ2) is 7.90. The fraction of sp³-hybridized carbons (Fsp3) is 0.529. The summed E-state index contributed by atoms with van der Waals surface area (Å²) >= 11 is 1.51. The predicted molar refractivity (Wildman–Crippen MR) is 94.4 cm³/mol. The van der Waals surface area contributed by atoms with Crippen molar-refractivity contribution >= 4 is 11.8 Å². The number of nitrogens with one attached hydrogen (secondary N) is 1. The Balaban J connectivity index is 1.70. The van der Waals surface area contributed by atoms with Gasteiger partial charge in [0.25, 0.3) is 5.70 Å². The van der Waals surface area contributed by atoms with Crippen LogP contribution in [0.5, 0.6) is 0 Å². The van der Waals surface area contributed by atoms with Gasteiger partial charge in [0, 0.05) is 37.1 Å². The zero-order valence-electron chi connectivity index (χ0n) is 13.9. The van der Waals surface area contributed by atoms with E-state index >= 15 is 0 Å². The zero-order valence-corrected chi connectivity index (χ0v) is 14.7. The standard InChI is InChI=1S/C17H23N3O3S/c1-13-2-4-15(5-3-13)24-12-16(20(21)22)17-18-7-8-19(17)10-14-6-9-23-11-14/h2-5,14,18H,6-12H2,1H3/b17-16+. The maximum Gasteiger partial charge on any atom is 0.296 e. The fourth-order valence-corrected chi connectivity index (χ4v) is 3.91. The number of aryl methyl sites for hydroxylation is 1. The van der Waals surface area contributed by atoms with Crippen LogP contribution in [0.4, 0.5) is 0 Å². The van der Waals surface area contributed by atoms with Crippen molar-refractivity contribution < 1.29 is 9.66 Å². The van der Waals surface area contributed by atoms with Gasteiger partial charge in [0.2, 0.25) is 0 Å². The van der Waals surface area contributed by atoms with Crippen LogP contribution in [0.3, 0.4) is 0 Å². The minimum absolute atomic E-state index is 0.243. The van der Waals surface area contributed by atoms with Gasteiger partial charge in [-0.2, -0.15) is 0 Å². The Morgan fingerprint density at radius 1 is 1.46 bits per heavy atom. The van der Waals surface area contributed by atoms with Gasteiger partial charge < -0.3 is 15.0 Å². The van der Waals surface area contributed by atoms with Crippen molar-refractivity contribution in [3.63, 3.8) is 0 Å². The third-order valence-electron chi connectivity index (χ3n) is 4.38. The Morgan fingerprint density at radius 3 is 2.92 bits per heavy atom. The van der Waals surface area contributed by atoms with E-state index in [0.29, 0.717) is 17.5 Å². The summed E-state index contributed by atoms with van der Waals surface area (Å²) in [6.07, 6.45) is 1.04. The van der Waals surface area contributed by atoms with Crippen LogP contribution < -0.4 is 5.32 Å². The molecule has 6 nitrogen and oxygen atoms in total. The number of thioether (sulfide) groups is 1.